The SMILES string of the molecule is O=C1COc2ccccc2C/C=C/C[C@H]2CN(C(=O)c3ccccc3Cn3cncn3)CC[C@H]2N1. The Labute approximate surface area is 204 Å². The van der Waals surface area contributed by atoms with E-state index in [2.05, 4.69) is 27.6 Å². The standard InChI is InChI=1S/C27H29N5O3/c33-26-17-35-25-12-6-4-8-20(25)7-1-2-10-22-15-31(14-13-24(22)30-26)27(34)23-11-5-3-9-21(23)16-32-19-28-18-29-32/h1-6,8-9,11-12,18-19,22,24H,7,10,13-17H2,(H,30,33)/b2-1+/t22-,24+/m0/s1. The number of carbonyl (C=O) groups excluding carboxylic acids is 2. The van der Waals surface area contributed by atoms with Crippen molar-refractivity contribution < 1.29 is 14.3 Å². The molecular weight excluding hydrogens is 442 g/mol. The first-order valence-electron chi connectivity index (χ1n) is 12.0. The van der Waals surface area contributed by atoms with E-state index in [-0.39, 0.29) is 30.4 Å². The molecule has 1 N–H and O–H groups in total. The average Bonchev–Trinajstić information content (AvgIpc) is 3.39. The second kappa shape index (κ2) is 10.5. The zero-order valence-electron chi connectivity index (χ0n) is 19.5. The monoisotopic (exact) mass is 471 g/mol. The number of amides is 2. The fourth-order valence-electron chi connectivity index (χ4n) is 4.86. The predicted molar refractivity (Wildman–Crippen MR) is 131 cm³/mol. The van der Waals surface area contributed by atoms with Gasteiger partial charge in [-0.05, 0) is 42.5 Å². The van der Waals surface area contributed by atoms with Crippen molar-refractivity contribution in [2.75, 3.05) is 19.7 Å². The van der Waals surface area contributed by atoms with Crippen molar-refractivity contribution in [3.05, 3.63) is 90.0 Å². The summed E-state index contributed by atoms with van der Waals surface area (Å²) in [6.45, 7) is 1.65. The van der Waals surface area contributed by atoms with Gasteiger partial charge in [-0.15, -0.1) is 0 Å². The molecule has 0 aliphatic carbocycles. The lowest BCUT2D eigenvalue weighted by Crippen LogP contribution is -2.53. The van der Waals surface area contributed by atoms with Crippen LogP contribution in [0.5, 0.6) is 5.75 Å². The number of allylic oxidation sites excluding steroid dienone is 2. The molecule has 1 fully saturated rings. The molecule has 2 aliphatic rings. The van der Waals surface area contributed by atoms with Crippen LogP contribution >= 0.6 is 0 Å². The maximum Gasteiger partial charge on any atom is 0.258 e. The molecule has 0 unspecified atom stereocenters. The molecule has 35 heavy (non-hydrogen) atoms. The first-order valence-corrected chi connectivity index (χ1v) is 12.0. The Morgan fingerprint density at radius 3 is 2.86 bits per heavy atom. The molecule has 0 saturated carbocycles. The zero-order chi connectivity index (χ0) is 24.0. The lowest BCUT2D eigenvalue weighted by Gasteiger charge is -2.39. The van der Waals surface area contributed by atoms with Crippen LogP contribution in [0.4, 0.5) is 0 Å². The van der Waals surface area contributed by atoms with E-state index in [4.69, 9.17) is 4.74 Å². The third kappa shape index (κ3) is 5.42. The van der Waals surface area contributed by atoms with Crippen LogP contribution < -0.4 is 10.1 Å². The molecular formula is C27H29N5O3. The zero-order valence-corrected chi connectivity index (χ0v) is 19.5. The highest BCUT2D eigenvalue weighted by Crippen LogP contribution is 2.25. The number of piperidine rings is 1. The van der Waals surface area contributed by atoms with Gasteiger partial charge < -0.3 is 15.0 Å². The largest absolute Gasteiger partial charge is 0.483 e. The summed E-state index contributed by atoms with van der Waals surface area (Å²) in [4.78, 5) is 32.1. The van der Waals surface area contributed by atoms with E-state index < -0.39 is 0 Å². The maximum atomic E-state index is 13.6. The van der Waals surface area contributed by atoms with Crippen LogP contribution in [0, 0.1) is 5.92 Å². The number of likely N-dealkylation sites (tertiary alicyclic amines) is 1. The van der Waals surface area contributed by atoms with Crippen molar-refractivity contribution in [2.24, 2.45) is 5.92 Å². The minimum absolute atomic E-state index is 0.000127. The lowest BCUT2D eigenvalue weighted by atomic mass is 9.88. The van der Waals surface area contributed by atoms with Gasteiger partial charge >= 0.3 is 0 Å². The molecule has 0 bridgehead atoms. The number of ether oxygens (including phenoxy) is 1. The number of fused-ring (bicyclic) bond motifs is 2. The Morgan fingerprint density at radius 1 is 1.11 bits per heavy atom. The summed E-state index contributed by atoms with van der Waals surface area (Å²) < 4.78 is 7.52. The molecule has 180 valence electrons. The Morgan fingerprint density at radius 2 is 1.97 bits per heavy atom. The molecule has 1 saturated heterocycles. The number of hydrogen-bond donors (Lipinski definition) is 1. The number of carbonyl (C=O) groups is 2. The van der Waals surface area contributed by atoms with Crippen LogP contribution in [0.3, 0.4) is 0 Å². The van der Waals surface area contributed by atoms with E-state index in [1.54, 1.807) is 11.0 Å². The topological polar surface area (TPSA) is 89.4 Å². The highest BCUT2D eigenvalue weighted by molar-refractivity contribution is 5.95. The fourth-order valence-corrected chi connectivity index (χ4v) is 4.86. The van der Waals surface area contributed by atoms with E-state index in [9.17, 15) is 9.59 Å². The van der Waals surface area contributed by atoms with Gasteiger partial charge in [0, 0.05) is 30.6 Å². The van der Waals surface area contributed by atoms with Gasteiger partial charge in [-0.25, -0.2) is 9.67 Å². The molecule has 8 heteroatoms. The van der Waals surface area contributed by atoms with Crippen molar-refractivity contribution in [1.82, 2.24) is 25.0 Å². The van der Waals surface area contributed by atoms with Crippen molar-refractivity contribution in [2.45, 2.75) is 31.8 Å². The molecule has 2 aromatic carbocycles. The number of rotatable bonds is 3. The molecule has 0 radical (unpaired) electrons. The van der Waals surface area contributed by atoms with Gasteiger partial charge in [0.2, 0.25) is 0 Å². The highest BCUT2D eigenvalue weighted by atomic mass is 16.5. The average molecular weight is 472 g/mol. The van der Waals surface area contributed by atoms with Crippen LogP contribution in [-0.2, 0) is 17.8 Å². The summed E-state index contributed by atoms with van der Waals surface area (Å²) in [7, 11) is 0. The van der Waals surface area contributed by atoms with E-state index in [0.29, 0.717) is 31.6 Å². The van der Waals surface area contributed by atoms with E-state index in [1.165, 1.54) is 6.33 Å². The van der Waals surface area contributed by atoms with Crippen LogP contribution in [0.25, 0.3) is 0 Å². The minimum atomic E-state index is -0.127. The van der Waals surface area contributed by atoms with Gasteiger partial charge in [0.05, 0.1) is 6.54 Å². The first-order chi connectivity index (χ1) is 17.2. The Bertz CT molecular complexity index is 1210. The highest BCUT2D eigenvalue weighted by Gasteiger charge is 2.33. The number of nitrogens with one attached hydrogen (secondary N) is 1. The molecule has 0 spiro atoms. The van der Waals surface area contributed by atoms with Crippen molar-refractivity contribution in [3.63, 3.8) is 0 Å². The summed E-state index contributed by atoms with van der Waals surface area (Å²) in [5.74, 6) is 0.759. The van der Waals surface area contributed by atoms with Crippen LogP contribution in [0.1, 0.15) is 34.3 Å². The van der Waals surface area contributed by atoms with Gasteiger partial charge in [-0.3, -0.25) is 9.59 Å². The van der Waals surface area contributed by atoms with Gasteiger partial charge in [0.15, 0.2) is 6.61 Å². The quantitative estimate of drug-likeness (QED) is 0.594. The molecule has 3 heterocycles. The fraction of sp³-hybridized carbons (Fsp3) is 0.333. The molecule has 8 nitrogen and oxygen atoms in total. The Hall–Kier alpha value is -3.94. The molecule has 2 aliphatic heterocycles. The third-order valence-electron chi connectivity index (χ3n) is 6.69. The van der Waals surface area contributed by atoms with Gasteiger partial charge in [0.1, 0.15) is 18.4 Å². The summed E-state index contributed by atoms with van der Waals surface area (Å²) in [6.07, 6.45) is 9.69. The van der Waals surface area contributed by atoms with Gasteiger partial charge in [0.25, 0.3) is 11.8 Å². The summed E-state index contributed by atoms with van der Waals surface area (Å²) in [6, 6.07) is 15.5. The van der Waals surface area contributed by atoms with Crippen LogP contribution in [-0.4, -0.2) is 57.2 Å². The van der Waals surface area contributed by atoms with Crippen LogP contribution in [0.15, 0.2) is 73.3 Å². The Kier molecular flexibility index (Phi) is 6.88. The lowest BCUT2D eigenvalue weighted by molar-refractivity contribution is -0.124. The number of benzene rings is 2. The molecule has 2 amide bonds. The predicted octanol–water partition coefficient (Wildman–Crippen LogP) is 2.85. The molecule has 2 atom stereocenters. The van der Waals surface area contributed by atoms with Crippen molar-refractivity contribution >= 4 is 11.8 Å². The summed E-state index contributed by atoms with van der Waals surface area (Å²) in [5, 5.41) is 7.33. The third-order valence-corrected chi connectivity index (χ3v) is 6.69. The molecule has 1 aromatic heterocycles. The van der Waals surface area contributed by atoms with Crippen molar-refractivity contribution in [3.8, 4) is 5.75 Å². The smallest absolute Gasteiger partial charge is 0.258 e. The van der Waals surface area contributed by atoms with Crippen LogP contribution in [0.2, 0.25) is 0 Å². The van der Waals surface area contributed by atoms with E-state index >= 15 is 0 Å². The van der Waals surface area contributed by atoms with E-state index in [0.717, 1.165) is 29.7 Å². The number of para-hydroxylation sites is 1. The number of aromatic nitrogens is 3. The summed E-state index contributed by atoms with van der Waals surface area (Å²) >= 11 is 0. The number of hydrogen-bond acceptors (Lipinski definition) is 5. The second-order valence-electron chi connectivity index (χ2n) is 9.03. The van der Waals surface area contributed by atoms with Gasteiger partial charge in [-0.1, -0.05) is 48.6 Å². The van der Waals surface area contributed by atoms with Crippen molar-refractivity contribution in [1.29, 1.82) is 0 Å². The summed E-state index contributed by atoms with van der Waals surface area (Å²) in [5.41, 5.74) is 2.64. The minimum Gasteiger partial charge on any atom is -0.483 e. The normalized spacial score (nSPS) is 21.4. The molecule has 3 aromatic rings. The Balaban J connectivity index is 1.32. The second-order valence-corrected chi connectivity index (χ2v) is 9.03. The maximum absolute atomic E-state index is 13.6. The number of nitrogens with zero attached hydrogens (tertiary/aromatic N) is 4. The first kappa shape index (κ1) is 22.8. The molecule has 5 rings (SSSR count). The van der Waals surface area contributed by atoms with Gasteiger partial charge in [-0.2, -0.15) is 5.10 Å². The van der Waals surface area contributed by atoms with E-state index in [1.807, 2.05) is 53.4 Å².